The summed E-state index contributed by atoms with van der Waals surface area (Å²) in [5.74, 6) is 1.98. The number of anilines is 1. The summed E-state index contributed by atoms with van der Waals surface area (Å²) in [6.45, 7) is 1.68. The fourth-order valence-electron chi connectivity index (χ4n) is 4.88. The zero-order valence-corrected chi connectivity index (χ0v) is 20.7. The van der Waals surface area contributed by atoms with Crippen LogP contribution in [0.5, 0.6) is 17.4 Å². The van der Waals surface area contributed by atoms with Gasteiger partial charge in [0.15, 0.2) is 11.5 Å². The molecule has 36 heavy (non-hydrogen) atoms. The Kier molecular flexibility index (Phi) is 6.71. The van der Waals surface area contributed by atoms with Gasteiger partial charge in [0.2, 0.25) is 11.8 Å². The normalized spacial score (nSPS) is 17.0. The van der Waals surface area contributed by atoms with E-state index in [1.807, 2.05) is 35.2 Å². The Bertz CT molecular complexity index is 1220. The predicted octanol–water partition coefficient (Wildman–Crippen LogP) is 4.42. The van der Waals surface area contributed by atoms with Crippen molar-refractivity contribution in [2.24, 2.45) is 5.92 Å². The molecule has 2 heterocycles. The Balaban J connectivity index is 1.29. The molecule has 5 rings (SSSR count). The molecule has 0 atom stereocenters. The van der Waals surface area contributed by atoms with Crippen LogP contribution in [0.3, 0.4) is 0 Å². The van der Waals surface area contributed by atoms with Crippen LogP contribution in [0.4, 0.5) is 10.7 Å². The second-order valence-electron chi connectivity index (χ2n) is 9.62. The van der Waals surface area contributed by atoms with Gasteiger partial charge in [-0.15, -0.1) is 0 Å². The average molecular weight is 493 g/mol. The van der Waals surface area contributed by atoms with Gasteiger partial charge >= 0.3 is 6.09 Å². The Morgan fingerprint density at radius 3 is 2.44 bits per heavy atom. The topological polar surface area (TPSA) is 106 Å². The van der Waals surface area contributed by atoms with Gasteiger partial charge in [-0.3, -0.25) is 0 Å². The van der Waals surface area contributed by atoms with E-state index in [0.29, 0.717) is 66.7 Å². The van der Waals surface area contributed by atoms with Crippen molar-refractivity contribution in [2.75, 3.05) is 32.2 Å². The number of hydrogen-bond acceptors (Lipinski definition) is 8. The first-order valence-electron chi connectivity index (χ1n) is 12.4. The van der Waals surface area contributed by atoms with Crippen LogP contribution < -0.4 is 19.7 Å². The van der Waals surface area contributed by atoms with Gasteiger partial charge in [0.1, 0.15) is 5.60 Å². The number of fused-ring (bicyclic) bond motifs is 1. The lowest BCUT2D eigenvalue weighted by Gasteiger charge is -2.41. The zero-order chi connectivity index (χ0) is 25.1. The van der Waals surface area contributed by atoms with Gasteiger partial charge in [-0.25, -0.2) is 9.78 Å². The summed E-state index contributed by atoms with van der Waals surface area (Å²) < 4.78 is 16.8. The van der Waals surface area contributed by atoms with Crippen molar-refractivity contribution in [1.82, 2.24) is 15.3 Å². The van der Waals surface area contributed by atoms with E-state index in [9.17, 15) is 9.90 Å². The van der Waals surface area contributed by atoms with Gasteiger partial charge in [0, 0.05) is 38.5 Å². The fourth-order valence-corrected chi connectivity index (χ4v) is 4.88. The fraction of sp³-hybridized carbons (Fsp3) is 0.444. The van der Waals surface area contributed by atoms with Gasteiger partial charge < -0.3 is 29.5 Å². The SMILES string of the molecule is COc1cc2nc(N3CCC(CC4CC4)(OC(=O)NCc4ccccc4)CC3)nc(O)c2cc1OC. The molecular weight excluding hydrogens is 460 g/mol. The largest absolute Gasteiger partial charge is 0.493 e. The number of ether oxygens (including phenoxy) is 3. The highest BCUT2D eigenvalue weighted by Gasteiger charge is 2.43. The summed E-state index contributed by atoms with van der Waals surface area (Å²) >= 11 is 0. The number of aromatic nitrogens is 2. The number of nitrogens with zero attached hydrogens (tertiary/aromatic N) is 3. The van der Waals surface area contributed by atoms with E-state index in [0.717, 1.165) is 12.0 Å². The number of benzene rings is 2. The van der Waals surface area contributed by atoms with Crippen molar-refractivity contribution in [3.05, 3.63) is 48.0 Å². The standard InChI is InChI=1S/C27H32N4O5/c1-34-22-14-20-21(15-23(22)35-2)29-25(30-24(20)32)31-12-10-27(11-13-31,16-18-8-9-18)36-26(33)28-17-19-6-4-3-5-7-19/h3-7,14-15,18H,8-13,16-17H2,1-2H3,(H,28,33)(H,29,30,32). The summed E-state index contributed by atoms with van der Waals surface area (Å²) in [5, 5.41) is 14.0. The minimum absolute atomic E-state index is 0.109. The molecule has 9 heteroatoms. The molecular formula is C27H32N4O5. The molecule has 1 aromatic heterocycles. The van der Waals surface area contributed by atoms with Crippen molar-refractivity contribution >= 4 is 22.9 Å². The minimum atomic E-state index is -0.506. The number of amides is 1. The van der Waals surface area contributed by atoms with Gasteiger partial charge in [0.05, 0.1) is 25.1 Å². The van der Waals surface area contributed by atoms with Gasteiger partial charge in [0.25, 0.3) is 0 Å². The zero-order valence-electron chi connectivity index (χ0n) is 20.7. The van der Waals surface area contributed by atoms with Crippen LogP contribution in [0.2, 0.25) is 0 Å². The second-order valence-corrected chi connectivity index (χ2v) is 9.62. The first-order chi connectivity index (χ1) is 17.5. The molecule has 190 valence electrons. The summed E-state index contributed by atoms with van der Waals surface area (Å²) in [6, 6.07) is 13.2. The van der Waals surface area contributed by atoms with E-state index in [4.69, 9.17) is 14.2 Å². The number of rotatable bonds is 8. The quantitative estimate of drug-likeness (QED) is 0.476. The van der Waals surface area contributed by atoms with Gasteiger partial charge in [-0.2, -0.15) is 4.98 Å². The maximum Gasteiger partial charge on any atom is 0.407 e. The van der Waals surface area contributed by atoms with E-state index in [1.165, 1.54) is 12.8 Å². The molecule has 1 saturated carbocycles. The molecule has 1 amide bonds. The Morgan fingerprint density at radius 1 is 1.08 bits per heavy atom. The highest BCUT2D eigenvalue weighted by Crippen LogP contribution is 2.43. The molecule has 2 N–H and O–H groups in total. The number of alkyl carbamates (subject to hydrolysis) is 1. The van der Waals surface area contributed by atoms with Crippen molar-refractivity contribution in [2.45, 2.75) is 44.2 Å². The first kappa shape index (κ1) is 24.0. The Labute approximate surface area is 210 Å². The van der Waals surface area contributed by atoms with Crippen LogP contribution in [0.15, 0.2) is 42.5 Å². The van der Waals surface area contributed by atoms with Crippen LogP contribution in [-0.4, -0.2) is 54.1 Å². The highest BCUT2D eigenvalue weighted by atomic mass is 16.6. The molecule has 0 spiro atoms. The molecule has 9 nitrogen and oxygen atoms in total. The summed E-state index contributed by atoms with van der Waals surface area (Å²) in [5.41, 5.74) is 1.10. The van der Waals surface area contributed by atoms with Gasteiger partial charge in [-0.1, -0.05) is 43.2 Å². The van der Waals surface area contributed by atoms with E-state index in [1.54, 1.807) is 26.4 Å². The molecule has 2 aliphatic rings. The predicted molar refractivity (Wildman–Crippen MR) is 136 cm³/mol. The summed E-state index contributed by atoms with van der Waals surface area (Å²) in [4.78, 5) is 23.8. The maximum absolute atomic E-state index is 12.7. The molecule has 0 bridgehead atoms. The van der Waals surface area contributed by atoms with Crippen LogP contribution >= 0.6 is 0 Å². The second kappa shape index (κ2) is 10.1. The third-order valence-electron chi connectivity index (χ3n) is 7.07. The number of nitrogens with one attached hydrogen (secondary N) is 1. The molecule has 3 aromatic rings. The average Bonchev–Trinajstić information content (AvgIpc) is 3.71. The summed E-state index contributed by atoms with van der Waals surface area (Å²) in [6.07, 6.45) is 4.22. The maximum atomic E-state index is 12.7. The number of hydrogen-bond donors (Lipinski definition) is 2. The number of carbonyl (C=O) groups is 1. The van der Waals surface area contributed by atoms with Crippen LogP contribution in [0.1, 0.15) is 37.7 Å². The molecule has 1 aliphatic heterocycles. The van der Waals surface area contributed by atoms with E-state index in [2.05, 4.69) is 15.3 Å². The Hall–Kier alpha value is -3.75. The van der Waals surface area contributed by atoms with Crippen molar-refractivity contribution in [3.8, 4) is 17.4 Å². The molecule has 1 aliphatic carbocycles. The highest BCUT2D eigenvalue weighted by molar-refractivity contribution is 5.87. The van der Waals surface area contributed by atoms with Gasteiger partial charge in [-0.05, 0) is 24.0 Å². The van der Waals surface area contributed by atoms with E-state index >= 15 is 0 Å². The number of aromatic hydroxyl groups is 1. The lowest BCUT2D eigenvalue weighted by molar-refractivity contribution is -0.0180. The molecule has 0 unspecified atom stereocenters. The minimum Gasteiger partial charge on any atom is -0.493 e. The van der Waals surface area contributed by atoms with Crippen LogP contribution in [0, 0.1) is 5.92 Å². The molecule has 2 aromatic carbocycles. The van der Waals surface area contributed by atoms with Crippen LogP contribution in [0.25, 0.3) is 10.9 Å². The third kappa shape index (κ3) is 5.24. The summed E-state index contributed by atoms with van der Waals surface area (Å²) in [7, 11) is 3.10. The smallest absolute Gasteiger partial charge is 0.407 e. The monoisotopic (exact) mass is 492 g/mol. The first-order valence-corrected chi connectivity index (χ1v) is 12.4. The lowest BCUT2D eigenvalue weighted by atomic mass is 9.86. The molecule has 1 saturated heterocycles. The van der Waals surface area contributed by atoms with Crippen molar-refractivity contribution in [1.29, 1.82) is 0 Å². The molecule has 0 radical (unpaired) electrons. The third-order valence-corrected chi connectivity index (χ3v) is 7.07. The number of piperidine rings is 1. The lowest BCUT2D eigenvalue weighted by Crippen LogP contribution is -2.49. The number of carbonyl (C=O) groups excluding carboxylic acids is 1. The van der Waals surface area contributed by atoms with Crippen molar-refractivity contribution < 1.29 is 24.1 Å². The number of methoxy groups -OCH3 is 2. The van der Waals surface area contributed by atoms with E-state index in [-0.39, 0.29) is 12.0 Å². The molecule has 2 fully saturated rings. The van der Waals surface area contributed by atoms with Crippen molar-refractivity contribution in [3.63, 3.8) is 0 Å². The van der Waals surface area contributed by atoms with E-state index < -0.39 is 5.60 Å². The Morgan fingerprint density at radius 2 is 1.78 bits per heavy atom. The van der Waals surface area contributed by atoms with Crippen LogP contribution in [-0.2, 0) is 11.3 Å².